The SMILES string of the molecule is Cc1nc(N=Nc2c(O)c(C(=O)Nc3ccccc3)cc3ccccc23)sc1C#N. The van der Waals surface area contributed by atoms with Crippen molar-refractivity contribution < 1.29 is 9.90 Å². The third kappa shape index (κ3) is 3.74. The van der Waals surface area contributed by atoms with Crippen molar-refractivity contribution in [2.75, 3.05) is 5.32 Å². The van der Waals surface area contributed by atoms with Crippen molar-refractivity contribution in [3.05, 3.63) is 76.8 Å². The van der Waals surface area contributed by atoms with Crippen LogP contribution in [-0.4, -0.2) is 16.0 Å². The molecule has 0 aliphatic rings. The maximum atomic E-state index is 12.8. The molecule has 0 aliphatic carbocycles. The zero-order valence-corrected chi connectivity index (χ0v) is 16.6. The Morgan fingerprint density at radius 2 is 1.87 bits per heavy atom. The molecule has 1 aromatic heterocycles. The average Bonchev–Trinajstić information content (AvgIpc) is 3.13. The van der Waals surface area contributed by atoms with Crippen LogP contribution >= 0.6 is 11.3 Å². The Bertz CT molecular complexity index is 1320. The van der Waals surface area contributed by atoms with E-state index in [0.29, 0.717) is 26.8 Å². The number of nitrogens with zero attached hydrogens (tertiary/aromatic N) is 4. The highest BCUT2D eigenvalue weighted by Gasteiger charge is 2.19. The van der Waals surface area contributed by atoms with Crippen molar-refractivity contribution in [3.8, 4) is 11.8 Å². The maximum Gasteiger partial charge on any atom is 0.259 e. The smallest absolute Gasteiger partial charge is 0.259 e. The molecule has 1 amide bonds. The first-order valence-corrected chi connectivity index (χ1v) is 9.79. The largest absolute Gasteiger partial charge is 0.505 e. The van der Waals surface area contributed by atoms with Crippen molar-refractivity contribution in [1.82, 2.24) is 4.98 Å². The fraction of sp³-hybridized carbons (Fsp3) is 0.0455. The molecular weight excluding hydrogens is 398 g/mol. The Kier molecular flexibility index (Phi) is 5.20. The van der Waals surface area contributed by atoms with Gasteiger partial charge in [-0.05, 0) is 30.5 Å². The van der Waals surface area contributed by atoms with Gasteiger partial charge in [-0.15, -0.1) is 10.2 Å². The van der Waals surface area contributed by atoms with E-state index in [4.69, 9.17) is 5.26 Å². The van der Waals surface area contributed by atoms with E-state index >= 15 is 0 Å². The molecule has 0 fully saturated rings. The number of phenols is 1. The molecule has 0 bridgehead atoms. The minimum Gasteiger partial charge on any atom is -0.505 e. The van der Waals surface area contributed by atoms with Gasteiger partial charge in [-0.2, -0.15) is 5.26 Å². The zero-order chi connectivity index (χ0) is 21.1. The van der Waals surface area contributed by atoms with Crippen molar-refractivity contribution in [1.29, 1.82) is 5.26 Å². The summed E-state index contributed by atoms with van der Waals surface area (Å²) in [6.07, 6.45) is 0. The number of phenolic OH excluding ortho intramolecular Hbond substituents is 1. The lowest BCUT2D eigenvalue weighted by atomic mass is 10.0. The van der Waals surface area contributed by atoms with Crippen LogP contribution in [0.4, 0.5) is 16.5 Å². The van der Waals surface area contributed by atoms with E-state index < -0.39 is 5.91 Å². The van der Waals surface area contributed by atoms with E-state index in [1.54, 1.807) is 43.3 Å². The monoisotopic (exact) mass is 413 g/mol. The first kappa shape index (κ1) is 19.2. The normalized spacial score (nSPS) is 10.9. The van der Waals surface area contributed by atoms with Gasteiger partial charge in [0.2, 0.25) is 5.13 Å². The van der Waals surface area contributed by atoms with Crippen LogP contribution in [0.5, 0.6) is 5.75 Å². The van der Waals surface area contributed by atoms with Crippen LogP contribution in [0.15, 0.2) is 70.9 Å². The highest BCUT2D eigenvalue weighted by atomic mass is 32.1. The van der Waals surface area contributed by atoms with E-state index in [9.17, 15) is 9.90 Å². The van der Waals surface area contributed by atoms with E-state index in [0.717, 1.165) is 16.7 Å². The van der Waals surface area contributed by atoms with Crippen LogP contribution in [-0.2, 0) is 0 Å². The van der Waals surface area contributed by atoms with Crippen LogP contribution in [0, 0.1) is 18.3 Å². The molecule has 0 atom stereocenters. The molecule has 4 rings (SSSR count). The molecule has 0 aliphatic heterocycles. The summed E-state index contributed by atoms with van der Waals surface area (Å²) in [5.41, 5.74) is 1.43. The van der Waals surface area contributed by atoms with Gasteiger partial charge in [0, 0.05) is 11.1 Å². The Balaban J connectivity index is 1.78. The Morgan fingerprint density at radius 1 is 1.13 bits per heavy atom. The lowest BCUT2D eigenvalue weighted by molar-refractivity contribution is 0.102. The standard InChI is InChI=1S/C22H15N5O2S/c1-13-18(12-23)30-22(24-13)27-26-19-16-10-6-5-7-14(16)11-17(20(19)28)21(29)25-15-8-3-2-4-9-15/h2-11,28H,1H3,(H,25,29). The predicted molar refractivity (Wildman–Crippen MR) is 116 cm³/mol. The predicted octanol–water partition coefficient (Wildman–Crippen LogP) is 5.85. The molecule has 0 spiro atoms. The number of rotatable bonds is 4. The number of azo groups is 1. The van der Waals surface area contributed by atoms with E-state index in [1.807, 2.05) is 24.3 Å². The number of hydrogen-bond donors (Lipinski definition) is 2. The number of benzene rings is 3. The van der Waals surface area contributed by atoms with Crippen LogP contribution in [0.2, 0.25) is 0 Å². The number of hydrogen-bond acceptors (Lipinski definition) is 7. The minimum absolute atomic E-state index is 0.0829. The Labute approximate surface area is 176 Å². The first-order valence-electron chi connectivity index (χ1n) is 8.97. The summed E-state index contributed by atoms with van der Waals surface area (Å²) in [6.45, 7) is 1.72. The molecule has 3 aromatic carbocycles. The maximum absolute atomic E-state index is 12.8. The number of aryl methyl sites for hydroxylation is 1. The van der Waals surface area contributed by atoms with Gasteiger partial charge in [-0.1, -0.05) is 53.8 Å². The second-order valence-corrected chi connectivity index (χ2v) is 7.36. The van der Waals surface area contributed by atoms with Gasteiger partial charge in [0.25, 0.3) is 5.91 Å². The molecule has 8 heteroatoms. The first-order chi connectivity index (χ1) is 14.6. The number of amides is 1. The van der Waals surface area contributed by atoms with Crippen LogP contribution in [0.1, 0.15) is 20.9 Å². The fourth-order valence-electron chi connectivity index (χ4n) is 2.93. The number of aromatic hydroxyl groups is 1. The van der Waals surface area contributed by atoms with Gasteiger partial charge < -0.3 is 10.4 Å². The third-order valence-electron chi connectivity index (χ3n) is 4.39. The summed E-state index contributed by atoms with van der Waals surface area (Å²) in [6, 6.07) is 19.9. The van der Waals surface area contributed by atoms with Gasteiger partial charge in [0.05, 0.1) is 11.3 Å². The van der Waals surface area contributed by atoms with Crippen LogP contribution in [0.25, 0.3) is 10.8 Å². The number of fused-ring (bicyclic) bond motifs is 1. The number of anilines is 1. The van der Waals surface area contributed by atoms with Crippen LogP contribution < -0.4 is 5.32 Å². The van der Waals surface area contributed by atoms with Gasteiger partial charge in [-0.3, -0.25) is 4.79 Å². The molecule has 30 heavy (non-hydrogen) atoms. The number of para-hydroxylation sites is 1. The summed E-state index contributed by atoms with van der Waals surface area (Å²) in [7, 11) is 0. The van der Waals surface area contributed by atoms with Crippen molar-refractivity contribution in [2.24, 2.45) is 10.2 Å². The zero-order valence-electron chi connectivity index (χ0n) is 15.8. The molecule has 0 unspecified atom stereocenters. The molecule has 7 nitrogen and oxygen atoms in total. The Morgan fingerprint density at radius 3 is 2.60 bits per heavy atom. The molecule has 146 valence electrons. The molecule has 0 saturated carbocycles. The quantitative estimate of drug-likeness (QED) is 0.409. The lowest BCUT2D eigenvalue weighted by Crippen LogP contribution is -2.12. The molecule has 1 heterocycles. The highest BCUT2D eigenvalue weighted by Crippen LogP contribution is 2.40. The number of nitriles is 1. The van der Waals surface area contributed by atoms with Crippen LogP contribution in [0.3, 0.4) is 0 Å². The second kappa shape index (κ2) is 8.11. The number of nitrogens with one attached hydrogen (secondary N) is 1. The van der Waals surface area contributed by atoms with Gasteiger partial charge in [0.15, 0.2) is 5.75 Å². The summed E-state index contributed by atoms with van der Waals surface area (Å²) in [5.74, 6) is -0.738. The van der Waals surface area contributed by atoms with Crippen molar-refractivity contribution in [3.63, 3.8) is 0 Å². The van der Waals surface area contributed by atoms with E-state index in [2.05, 4.69) is 26.6 Å². The molecule has 0 saturated heterocycles. The molecular formula is C22H15N5O2S. The molecule has 2 N–H and O–H groups in total. The highest BCUT2D eigenvalue weighted by molar-refractivity contribution is 7.15. The second-order valence-electron chi connectivity index (χ2n) is 6.39. The van der Waals surface area contributed by atoms with E-state index in [1.165, 1.54) is 0 Å². The minimum atomic E-state index is -0.460. The van der Waals surface area contributed by atoms with Gasteiger partial charge in [-0.25, -0.2) is 4.98 Å². The van der Waals surface area contributed by atoms with Crippen molar-refractivity contribution in [2.45, 2.75) is 6.92 Å². The molecule has 0 radical (unpaired) electrons. The van der Waals surface area contributed by atoms with Gasteiger partial charge in [0.1, 0.15) is 16.6 Å². The summed E-state index contributed by atoms with van der Waals surface area (Å²) >= 11 is 1.11. The number of carbonyl (C=O) groups excluding carboxylic acids is 1. The summed E-state index contributed by atoms with van der Waals surface area (Å²) in [5, 5.41) is 32.6. The average molecular weight is 413 g/mol. The van der Waals surface area contributed by atoms with Crippen molar-refractivity contribution >= 4 is 44.5 Å². The topological polar surface area (TPSA) is 111 Å². The van der Waals surface area contributed by atoms with Gasteiger partial charge >= 0.3 is 0 Å². The number of aromatic nitrogens is 1. The lowest BCUT2D eigenvalue weighted by Gasteiger charge is -2.11. The number of carbonyl (C=O) groups is 1. The Hall–Kier alpha value is -4.09. The third-order valence-corrected chi connectivity index (χ3v) is 5.34. The molecule has 4 aromatic rings. The van der Waals surface area contributed by atoms with E-state index in [-0.39, 0.29) is 17.0 Å². The summed E-state index contributed by atoms with van der Waals surface area (Å²) < 4.78 is 0. The summed E-state index contributed by atoms with van der Waals surface area (Å²) in [4.78, 5) is 17.4. The fourth-order valence-corrected chi connectivity index (χ4v) is 3.62. The number of thiazole rings is 1.